The molecule has 0 saturated carbocycles. The molecule has 0 aliphatic heterocycles. The molecule has 2 N–H and O–H groups in total. The zero-order valence-corrected chi connectivity index (χ0v) is 16.6. The lowest BCUT2D eigenvalue weighted by Gasteiger charge is -2.18. The zero-order valence-electron chi connectivity index (χ0n) is 16.6. The number of hydrogen-bond donors (Lipinski definition) is 2. The van der Waals surface area contributed by atoms with Crippen molar-refractivity contribution in [1.29, 1.82) is 0 Å². The van der Waals surface area contributed by atoms with E-state index >= 15 is 0 Å². The maximum Gasteiger partial charge on any atom is 0.374 e. The maximum absolute atomic E-state index is 14.3. The van der Waals surface area contributed by atoms with Crippen LogP contribution in [0.5, 0.6) is 0 Å². The molecule has 0 aliphatic rings. The molecule has 0 aliphatic carbocycles. The highest BCUT2D eigenvalue weighted by Gasteiger charge is 2.41. The highest BCUT2D eigenvalue weighted by atomic mass is 19.3. The Morgan fingerprint density at radius 1 is 1.27 bits per heavy atom. The monoisotopic (exact) mass is 415 g/mol. The third-order valence-electron chi connectivity index (χ3n) is 5.33. The summed E-state index contributed by atoms with van der Waals surface area (Å²) < 4.78 is 44.3. The van der Waals surface area contributed by atoms with E-state index < -0.39 is 18.3 Å². The topological polar surface area (TPSA) is 70.9 Å². The van der Waals surface area contributed by atoms with E-state index in [9.17, 15) is 18.0 Å². The van der Waals surface area contributed by atoms with Gasteiger partial charge in [0.15, 0.2) is 0 Å². The second-order valence-electron chi connectivity index (χ2n) is 7.80. The summed E-state index contributed by atoms with van der Waals surface area (Å²) in [6.07, 6.45) is 0.682. The van der Waals surface area contributed by atoms with E-state index in [1.54, 1.807) is 31.3 Å². The molecule has 0 bridgehead atoms. The molecule has 2 aromatic heterocycles. The summed E-state index contributed by atoms with van der Waals surface area (Å²) in [5, 5.41) is 17.1. The van der Waals surface area contributed by atoms with Gasteiger partial charge in [-0.05, 0) is 54.3 Å². The molecule has 0 saturated heterocycles. The minimum absolute atomic E-state index is 0.196. The van der Waals surface area contributed by atoms with Crippen molar-refractivity contribution in [2.24, 2.45) is 0 Å². The van der Waals surface area contributed by atoms with Gasteiger partial charge in [0.25, 0.3) is 0 Å². The van der Waals surface area contributed by atoms with Crippen LogP contribution in [0.25, 0.3) is 27.5 Å². The smallest absolute Gasteiger partial charge is 0.374 e. The number of alkyl halides is 2. The second kappa shape index (κ2) is 6.90. The van der Waals surface area contributed by atoms with Gasteiger partial charge >= 0.3 is 11.9 Å². The van der Waals surface area contributed by atoms with Crippen LogP contribution in [-0.2, 0) is 11.2 Å². The number of aryl methyl sites for hydroxylation is 1. The number of fused-ring (bicyclic) bond motifs is 2. The van der Waals surface area contributed by atoms with Crippen molar-refractivity contribution in [3.8, 4) is 5.69 Å². The van der Waals surface area contributed by atoms with Crippen molar-refractivity contribution in [3.05, 3.63) is 59.2 Å². The third-order valence-corrected chi connectivity index (χ3v) is 5.33. The van der Waals surface area contributed by atoms with E-state index in [1.807, 2.05) is 24.5 Å². The number of halogens is 3. The first-order chi connectivity index (χ1) is 14.1. The van der Waals surface area contributed by atoms with Crippen LogP contribution in [-0.4, -0.2) is 31.8 Å². The minimum Gasteiger partial charge on any atom is -0.477 e. The third kappa shape index (κ3) is 3.12. The number of aromatic nitrogens is 3. The van der Waals surface area contributed by atoms with Gasteiger partial charge in [-0.2, -0.15) is 13.9 Å². The van der Waals surface area contributed by atoms with Crippen molar-refractivity contribution < 1.29 is 23.1 Å². The first-order valence-corrected chi connectivity index (χ1v) is 9.48. The number of hydrogen-bond acceptors (Lipinski definition) is 2. The first kappa shape index (κ1) is 20.0. The molecule has 4 rings (SSSR count). The fraction of sp³-hybridized carbons (Fsp3) is 0.273. The van der Waals surface area contributed by atoms with Crippen LogP contribution in [0, 0.1) is 12.7 Å². The number of benzene rings is 2. The molecule has 0 unspecified atom stereocenters. The molecule has 2 aromatic carbocycles. The number of nitrogens with zero attached hydrogens (tertiary/aromatic N) is 2. The van der Waals surface area contributed by atoms with E-state index in [2.05, 4.69) is 10.2 Å². The molecule has 5 nitrogen and oxygen atoms in total. The van der Waals surface area contributed by atoms with E-state index in [-0.39, 0.29) is 17.3 Å². The first-order valence-electron chi connectivity index (χ1n) is 9.48. The molecule has 0 radical (unpaired) electrons. The van der Waals surface area contributed by atoms with Crippen molar-refractivity contribution >= 4 is 27.8 Å². The Balaban J connectivity index is 2.12. The number of nitrogens with one attached hydrogen (secondary N) is 1. The van der Waals surface area contributed by atoms with Crippen molar-refractivity contribution in [2.45, 2.75) is 39.0 Å². The van der Waals surface area contributed by atoms with Crippen LogP contribution in [0.1, 0.15) is 36.6 Å². The van der Waals surface area contributed by atoms with Gasteiger partial charge in [0, 0.05) is 22.2 Å². The molecule has 2 heterocycles. The van der Waals surface area contributed by atoms with Gasteiger partial charge in [-0.3, -0.25) is 5.10 Å². The molecular weight excluding hydrogens is 395 g/mol. The summed E-state index contributed by atoms with van der Waals surface area (Å²) in [5.41, 5.74) is 3.16. The van der Waals surface area contributed by atoms with Gasteiger partial charge in [0.2, 0.25) is 0 Å². The van der Waals surface area contributed by atoms with Crippen molar-refractivity contribution in [3.63, 3.8) is 0 Å². The van der Waals surface area contributed by atoms with E-state index in [0.29, 0.717) is 33.4 Å². The number of H-pyrrole nitrogens is 1. The Morgan fingerprint density at radius 3 is 2.63 bits per heavy atom. The largest absolute Gasteiger partial charge is 0.477 e. The quantitative estimate of drug-likeness (QED) is 0.462. The molecular formula is C22H20F3N3O2. The van der Waals surface area contributed by atoms with E-state index in [4.69, 9.17) is 5.11 Å². The van der Waals surface area contributed by atoms with Gasteiger partial charge in [-0.1, -0.05) is 13.8 Å². The highest BCUT2D eigenvalue weighted by Crippen LogP contribution is 2.39. The standard InChI is InChI=1S/C22H20F3N3O2/c1-11(2)20-16(9-22(24,25)21(29)30)15-8-18-13(10-26-27-18)7-19(15)28(20)14-4-5-17(23)12(3)6-14/h4-8,10-11H,9H2,1-3H3,(H,26,27)(H,29,30). The average molecular weight is 415 g/mol. The summed E-state index contributed by atoms with van der Waals surface area (Å²) in [7, 11) is 0. The number of aliphatic carboxylic acids is 1. The van der Waals surface area contributed by atoms with Crippen molar-refractivity contribution in [2.75, 3.05) is 0 Å². The predicted molar refractivity (Wildman–Crippen MR) is 108 cm³/mol. The van der Waals surface area contributed by atoms with Gasteiger partial charge in [-0.25, -0.2) is 9.18 Å². The number of rotatable bonds is 5. The summed E-state index contributed by atoms with van der Waals surface area (Å²) in [6, 6.07) is 8.11. The lowest BCUT2D eigenvalue weighted by atomic mass is 9.97. The van der Waals surface area contributed by atoms with E-state index in [1.165, 1.54) is 6.07 Å². The second-order valence-corrected chi connectivity index (χ2v) is 7.80. The minimum atomic E-state index is -3.93. The number of carboxylic acid groups (broad SMARTS) is 1. The number of carbonyl (C=O) groups is 1. The Bertz CT molecular complexity index is 1290. The number of aromatic amines is 1. The van der Waals surface area contributed by atoms with Gasteiger partial charge in [-0.15, -0.1) is 0 Å². The highest BCUT2D eigenvalue weighted by molar-refractivity contribution is 5.99. The molecule has 156 valence electrons. The van der Waals surface area contributed by atoms with Crippen LogP contribution in [0.15, 0.2) is 36.5 Å². The lowest BCUT2D eigenvalue weighted by Crippen LogP contribution is -2.31. The summed E-state index contributed by atoms with van der Waals surface area (Å²) >= 11 is 0. The average Bonchev–Trinajstić information content (AvgIpc) is 3.24. The van der Waals surface area contributed by atoms with Crippen molar-refractivity contribution in [1.82, 2.24) is 14.8 Å². The van der Waals surface area contributed by atoms with Crippen LogP contribution in [0.2, 0.25) is 0 Å². The van der Waals surface area contributed by atoms with Crippen LogP contribution in [0.4, 0.5) is 13.2 Å². The van der Waals surface area contributed by atoms with Gasteiger partial charge < -0.3 is 9.67 Å². The molecule has 0 fully saturated rings. The normalized spacial score (nSPS) is 12.4. The molecule has 4 aromatic rings. The summed E-state index contributed by atoms with van der Waals surface area (Å²) in [6.45, 7) is 5.35. The number of carboxylic acids is 1. The Kier molecular flexibility index (Phi) is 4.60. The van der Waals surface area contributed by atoms with Crippen LogP contribution in [0.3, 0.4) is 0 Å². The van der Waals surface area contributed by atoms with Crippen LogP contribution < -0.4 is 0 Å². The molecule has 0 atom stereocenters. The SMILES string of the molecule is Cc1cc(-n2c(C(C)C)c(CC(F)(F)C(=O)O)c3cc4[nH]ncc4cc32)ccc1F. The molecule has 30 heavy (non-hydrogen) atoms. The maximum atomic E-state index is 14.3. The summed E-state index contributed by atoms with van der Waals surface area (Å²) in [5.74, 6) is -6.65. The Hall–Kier alpha value is -3.29. The van der Waals surface area contributed by atoms with E-state index in [0.717, 1.165) is 5.39 Å². The van der Waals surface area contributed by atoms with Gasteiger partial charge in [0.05, 0.1) is 23.7 Å². The predicted octanol–water partition coefficient (Wildman–Crippen LogP) is 5.34. The Labute approximate surface area is 170 Å². The zero-order chi connectivity index (χ0) is 21.8. The van der Waals surface area contributed by atoms with Crippen LogP contribution >= 0.6 is 0 Å². The lowest BCUT2D eigenvalue weighted by molar-refractivity contribution is -0.164. The molecule has 0 spiro atoms. The Morgan fingerprint density at radius 2 is 2.00 bits per heavy atom. The fourth-order valence-corrected chi connectivity index (χ4v) is 3.95. The molecule has 0 amide bonds. The summed E-state index contributed by atoms with van der Waals surface area (Å²) in [4.78, 5) is 11.2. The fourth-order valence-electron chi connectivity index (χ4n) is 3.95. The van der Waals surface area contributed by atoms with Gasteiger partial charge in [0.1, 0.15) is 5.82 Å². The molecule has 8 heteroatoms.